The summed E-state index contributed by atoms with van der Waals surface area (Å²) in [5.41, 5.74) is 7.19. The van der Waals surface area contributed by atoms with E-state index in [0.717, 1.165) is 50.3 Å². The first-order valence-corrected chi connectivity index (χ1v) is 12.1. The van der Waals surface area contributed by atoms with Gasteiger partial charge in [-0.1, -0.05) is 54.6 Å². The summed E-state index contributed by atoms with van der Waals surface area (Å²) in [6.07, 6.45) is 1.97. The Morgan fingerprint density at radius 3 is 2.32 bits per heavy atom. The molecule has 0 aliphatic carbocycles. The number of benzene rings is 4. The summed E-state index contributed by atoms with van der Waals surface area (Å²) >= 11 is 0. The summed E-state index contributed by atoms with van der Waals surface area (Å²) in [5, 5.41) is 21.5. The summed E-state index contributed by atoms with van der Waals surface area (Å²) in [7, 11) is 0. The average Bonchev–Trinajstić information content (AvgIpc) is 3.22. The Morgan fingerprint density at radius 1 is 0.838 bits per heavy atom. The van der Waals surface area contributed by atoms with Crippen LogP contribution in [0, 0.1) is 36.5 Å². The first-order chi connectivity index (χ1) is 18.1. The molecule has 5 aromatic rings. The molecule has 0 aliphatic heterocycles. The molecule has 4 heteroatoms. The van der Waals surface area contributed by atoms with Gasteiger partial charge >= 0.3 is 0 Å². The zero-order valence-electron chi connectivity index (χ0n) is 20.8. The summed E-state index contributed by atoms with van der Waals surface area (Å²) in [6.45, 7) is 4.47. The molecular formula is C33H25N3O. The van der Waals surface area contributed by atoms with E-state index in [0.29, 0.717) is 17.7 Å². The smallest absolute Gasteiger partial charge is 0.119 e. The number of hydrogen-bond donors (Lipinski definition) is 0. The topological polar surface area (TPSA) is 61.7 Å². The minimum absolute atomic E-state index is 0.339. The third kappa shape index (κ3) is 4.87. The third-order valence-corrected chi connectivity index (χ3v) is 6.58. The molecule has 0 radical (unpaired) electrons. The number of aromatic nitrogens is 1. The number of hydrogen-bond acceptors (Lipinski definition) is 3. The summed E-state index contributed by atoms with van der Waals surface area (Å²) < 4.78 is 8.11. The quantitative estimate of drug-likeness (QED) is 0.234. The van der Waals surface area contributed by atoms with Crippen LogP contribution in [0.15, 0.2) is 97.1 Å². The molecule has 0 spiro atoms. The van der Waals surface area contributed by atoms with Crippen molar-refractivity contribution in [1.82, 2.24) is 4.57 Å². The van der Waals surface area contributed by atoms with Crippen LogP contribution >= 0.6 is 0 Å². The fourth-order valence-electron chi connectivity index (χ4n) is 4.63. The van der Waals surface area contributed by atoms with E-state index in [4.69, 9.17) is 4.74 Å². The number of allylic oxidation sites excluding steroid dienone is 1. The van der Waals surface area contributed by atoms with Gasteiger partial charge in [-0.2, -0.15) is 10.5 Å². The molecule has 0 saturated carbocycles. The van der Waals surface area contributed by atoms with Crippen molar-refractivity contribution in [3.05, 3.63) is 131 Å². The second-order valence-corrected chi connectivity index (χ2v) is 8.95. The van der Waals surface area contributed by atoms with Gasteiger partial charge in [-0.25, -0.2) is 0 Å². The number of nitrogens with zero attached hydrogens (tertiary/aromatic N) is 3. The second-order valence-electron chi connectivity index (χ2n) is 8.95. The van der Waals surface area contributed by atoms with Gasteiger partial charge in [0.1, 0.15) is 12.4 Å². The third-order valence-electron chi connectivity index (χ3n) is 6.58. The van der Waals surface area contributed by atoms with Crippen molar-refractivity contribution >= 4 is 22.4 Å². The van der Waals surface area contributed by atoms with Crippen LogP contribution in [0.3, 0.4) is 0 Å². The van der Waals surface area contributed by atoms with Crippen LogP contribution in [-0.2, 0) is 6.61 Å². The number of aryl methyl sites for hydroxylation is 1. The van der Waals surface area contributed by atoms with Crippen molar-refractivity contribution in [1.29, 1.82) is 10.5 Å². The lowest BCUT2D eigenvalue weighted by atomic mass is 10.0. The zero-order valence-corrected chi connectivity index (χ0v) is 20.8. The molecule has 0 atom stereocenters. The Hall–Kier alpha value is -5.06. The Kier molecular flexibility index (Phi) is 6.58. The van der Waals surface area contributed by atoms with Crippen LogP contribution in [0.2, 0.25) is 0 Å². The Labute approximate surface area is 216 Å². The van der Waals surface area contributed by atoms with Gasteiger partial charge in [0.2, 0.25) is 0 Å². The molecule has 0 saturated heterocycles. The lowest BCUT2D eigenvalue weighted by Gasteiger charge is -2.12. The van der Waals surface area contributed by atoms with Crippen LogP contribution in [0.5, 0.6) is 5.75 Å². The van der Waals surface area contributed by atoms with Gasteiger partial charge in [-0.05, 0) is 84.3 Å². The monoisotopic (exact) mass is 479 g/mol. The van der Waals surface area contributed by atoms with Gasteiger partial charge in [-0.15, -0.1) is 0 Å². The fourth-order valence-corrected chi connectivity index (χ4v) is 4.63. The van der Waals surface area contributed by atoms with E-state index in [1.54, 1.807) is 6.07 Å². The highest BCUT2D eigenvalue weighted by Gasteiger charge is 2.12. The molecule has 0 fully saturated rings. The minimum Gasteiger partial charge on any atom is -0.489 e. The van der Waals surface area contributed by atoms with Crippen molar-refractivity contribution in [3.8, 4) is 23.6 Å². The Morgan fingerprint density at radius 2 is 1.57 bits per heavy atom. The van der Waals surface area contributed by atoms with Crippen molar-refractivity contribution in [3.63, 3.8) is 0 Å². The summed E-state index contributed by atoms with van der Waals surface area (Å²) in [4.78, 5) is 0. The first-order valence-electron chi connectivity index (χ1n) is 12.1. The van der Waals surface area contributed by atoms with E-state index in [1.165, 1.54) is 0 Å². The Balaban J connectivity index is 1.40. The maximum Gasteiger partial charge on any atom is 0.119 e. The lowest BCUT2D eigenvalue weighted by molar-refractivity contribution is 0.306. The molecule has 1 heterocycles. The van der Waals surface area contributed by atoms with Crippen molar-refractivity contribution in [2.45, 2.75) is 20.5 Å². The molecule has 0 N–H and O–H groups in total. The lowest BCUT2D eigenvalue weighted by Crippen LogP contribution is -2.00. The predicted octanol–water partition coefficient (Wildman–Crippen LogP) is 7.76. The first kappa shape index (κ1) is 23.7. The summed E-state index contributed by atoms with van der Waals surface area (Å²) in [5.74, 6) is 0.738. The van der Waals surface area contributed by atoms with Gasteiger partial charge in [0.25, 0.3) is 0 Å². The SMILES string of the molecule is Cc1cc(/C=C(/C#N)c2ccc3ccccc3c2)c(C)n1-c1ccc(OCc2ccccc2C#N)cc1. The predicted molar refractivity (Wildman–Crippen MR) is 148 cm³/mol. The molecule has 1 aromatic heterocycles. The van der Waals surface area contributed by atoms with Crippen LogP contribution in [0.4, 0.5) is 0 Å². The van der Waals surface area contributed by atoms with E-state index in [9.17, 15) is 10.5 Å². The molecule has 0 bridgehead atoms. The van der Waals surface area contributed by atoms with E-state index < -0.39 is 0 Å². The fraction of sp³-hybridized carbons (Fsp3) is 0.0909. The number of fused-ring (bicyclic) bond motifs is 1. The van der Waals surface area contributed by atoms with Gasteiger partial charge in [0, 0.05) is 22.6 Å². The van der Waals surface area contributed by atoms with Crippen molar-refractivity contribution < 1.29 is 4.74 Å². The maximum absolute atomic E-state index is 9.94. The largest absolute Gasteiger partial charge is 0.489 e. The summed E-state index contributed by atoms with van der Waals surface area (Å²) in [6, 6.07) is 36.4. The van der Waals surface area contributed by atoms with Crippen molar-refractivity contribution in [2.75, 3.05) is 0 Å². The molecule has 0 unspecified atom stereocenters. The van der Waals surface area contributed by atoms with Crippen molar-refractivity contribution in [2.24, 2.45) is 0 Å². The zero-order chi connectivity index (χ0) is 25.8. The maximum atomic E-state index is 9.94. The van der Waals surface area contributed by atoms with Crippen LogP contribution in [0.25, 0.3) is 28.1 Å². The molecule has 4 aromatic carbocycles. The highest BCUT2D eigenvalue weighted by molar-refractivity contribution is 5.94. The Bertz CT molecular complexity index is 1710. The van der Waals surface area contributed by atoms with Crippen LogP contribution in [-0.4, -0.2) is 4.57 Å². The average molecular weight is 480 g/mol. The molecule has 0 aliphatic rings. The molecule has 4 nitrogen and oxygen atoms in total. The number of rotatable bonds is 6. The van der Waals surface area contributed by atoms with Gasteiger partial charge in [0.05, 0.1) is 23.3 Å². The minimum atomic E-state index is 0.339. The second kappa shape index (κ2) is 10.3. The van der Waals surface area contributed by atoms with Gasteiger partial charge in [-0.3, -0.25) is 0 Å². The van der Waals surface area contributed by atoms with E-state index >= 15 is 0 Å². The normalized spacial score (nSPS) is 11.2. The number of nitriles is 2. The van der Waals surface area contributed by atoms with Crippen LogP contribution < -0.4 is 4.74 Å². The van der Waals surface area contributed by atoms with Gasteiger partial charge in [0.15, 0.2) is 0 Å². The molecule has 37 heavy (non-hydrogen) atoms. The molecule has 0 amide bonds. The molecule has 178 valence electrons. The molecule has 5 rings (SSSR count). The van der Waals surface area contributed by atoms with E-state index in [2.05, 4.69) is 60.9 Å². The highest BCUT2D eigenvalue weighted by Crippen LogP contribution is 2.28. The van der Waals surface area contributed by atoms with E-state index in [1.807, 2.05) is 66.7 Å². The standard InChI is InChI=1S/C33H25N3O/c1-23-17-30(19-31(21-35)27-12-11-25-7-3-4-8-26(25)18-27)24(2)36(23)32-13-15-33(16-14-32)37-22-29-10-6-5-9-28(29)20-34/h3-19H,22H2,1-2H3/b31-19-. The van der Waals surface area contributed by atoms with Crippen LogP contribution in [0.1, 0.15) is 33.6 Å². The molecular weight excluding hydrogens is 454 g/mol. The van der Waals surface area contributed by atoms with E-state index in [-0.39, 0.29) is 0 Å². The highest BCUT2D eigenvalue weighted by atomic mass is 16.5. The van der Waals surface area contributed by atoms with Gasteiger partial charge < -0.3 is 9.30 Å². The number of ether oxygens (including phenoxy) is 1.